The Morgan fingerprint density at radius 3 is 1.87 bits per heavy atom. The molecule has 0 aliphatic heterocycles. The summed E-state index contributed by atoms with van der Waals surface area (Å²) in [6.07, 6.45) is 0. The second-order valence-corrected chi connectivity index (χ2v) is 14.9. The van der Waals surface area contributed by atoms with E-state index < -0.39 is 0 Å². The summed E-state index contributed by atoms with van der Waals surface area (Å²) in [5.41, 5.74) is 14.2. The molecule has 0 bridgehead atoms. The molecule has 8 aromatic carbocycles. The third kappa shape index (κ3) is 4.61. The van der Waals surface area contributed by atoms with Gasteiger partial charge in [0.1, 0.15) is 11.2 Å². The van der Waals surface area contributed by atoms with Crippen molar-refractivity contribution in [1.82, 2.24) is 9.97 Å². The van der Waals surface area contributed by atoms with Crippen LogP contribution in [0.5, 0.6) is 0 Å². The predicted molar refractivity (Wildman–Crippen MR) is 224 cm³/mol. The lowest BCUT2D eigenvalue weighted by atomic mass is 9.80. The van der Waals surface area contributed by atoms with Crippen LogP contribution in [0.3, 0.4) is 0 Å². The van der Waals surface area contributed by atoms with Crippen molar-refractivity contribution in [3.63, 3.8) is 0 Å². The van der Waals surface area contributed by atoms with Crippen LogP contribution in [0.4, 0.5) is 0 Å². The molecule has 1 aliphatic rings. The molecule has 0 atom stereocenters. The highest BCUT2D eigenvalue weighted by atomic mass is 16.3. The van der Waals surface area contributed by atoms with Crippen molar-refractivity contribution in [2.24, 2.45) is 0 Å². The van der Waals surface area contributed by atoms with Gasteiger partial charge in [-0.15, -0.1) is 0 Å². The van der Waals surface area contributed by atoms with Crippen LogP contribution in [0, 0.1) is 0 Å². The number of hydrogen-bond donors (Lipinski definition) is 0. The SMILES string of the molecule is CC1(C)c2ccc(-c3ccc(-c4nc(-c5ccccc5)cc(-c5ccc6c(c5)oc5ccccc56)n4)c4ccccc34)cc2-c2ccc3ccccc3c21. The summed E-state index contributed by atoms with van der Waals surface area (Å²) in [6.45, 7) is 4.72. The van der Waals surface area contributed by atoms with Gasteiger partial charge in [-0.05, 0) is 91.3 Å². The van der Waals surface area contributed by atoms with Crippen molar-refractivity contribution in [2.75, 3.05) is 0 Å². The Morgan fingerprint density at radius 1 is 0.407 bits per heavy atom. The number of fused-ring (bicyclic) bond motifs is 9. The predicted octanol–water partition coefficient (Wildman–Crippen LogP) is 13.7. The van der Waals surface area contributed by atoms with Gasteiger partial charge in [-0.1, -0.05) is 147 Å². The molecule has 0 N–H and O–H groups in total. The lowest BCUT2D eigenvalue weighted by Crippen LogP contribution is -2.15. The van der Waals surface area contributed by atoms with Gasteiger partial charge in [0.25, 0.3) is 0 Å². The van der Waals surface area contributed by atoms with Crippen LogP contribution in [-0.2, 0) is 5.41 Å². The van der Waals surface area contributed by atoms with Crippen LogP contribution in [0.2, 0.25) is 0 Å². The minimum atomic E-state index is -0.0935. The van der Waals surface area contributed by atoms with Gasteiger partial charge in [-0.3, -0.25) is 0 Å². The van der Waals surface area contributed by atoms with Gasteiger partial charge in [0.05, 0.1) is 11.4 Å². The Balaban J connectivity index is 1.07. The van der Waals surface area contributed by atoms with E-state index in [4.69, 9.17) is 14.4 Å². The maximum Gasteiger partial charge on any atom is 0.161 e. The molecule has 11 rings (SSSR count). The standard InChI is InChI=1S/C51H34N2O/c1-51(2)44-27-22-33(28-43(44)41-24-20-31-12-6-7-15-36(31)49(41)51)35-25-26-42(38-17-9-8-16-37(35)38)50-52-45(32-13-4-3-5-14-32)30-46(53-50)34-21-23-40-39-18-10-11-19-47(39)54-48(40)29-34/h3-30H,1-2H3. The molecule has 10 aromatic rings. The molecular weight excluding hydrogens is 657 g/mol. The molecule has 3 nitrogen and oxygen atoms in total. The van der Waals surface area contributed by atoms with Crippen molar-refractivity contribution in [3.05, 3.63) is 181 Å². The van der Waals surface area contributed by atoms with E-state index in [0.717, 1.165) is 55.4 Å². The number of benzene rings is 8. The lowest BCUT2D eigenvalue weighted by molar-refractivity contribution is 0.666. The van der Waals surface area contributed by atoms with Crippen LogP contribution in [-0.4, -0.2) is 9.97 Å². The third-order valence-corrected chi connectivity index (χ3v) is 11.5. The van der Waals surface area contributed by atoms with Crippen LogP contribution >= 0.6 is 0 Å². The molecule has 0 saturated heterocycles. The first-order valence-electron chi connectivity index (χ1n) is 18.6. The highest BCUT2D eigenvalue weighted by molar-refractivity contribution is 6.07. The van der Waals surface area contributed by atoms with E-state index in [1.54, 1.807) is 0 Å². The summed E-state index contributed by atoms with van der Waals surface area (Å²) in [6, 6.07) is 60.5. The summed E-state index contributed by atoms with van der Waals surface area (Å²) in [7, 11) is 0. The first kappa shape index (κ1) is 30.8. The molecule has 0 saturated carbocycles. The molecule has 54 heavy (non-hydrogen) atoms. The number of furan rings is 1. The number of rotatable bonds is 4. The van der Waals surface area contributed by atoms with Gasteiger partial charge >= 0.3 is 0 Å². The van der Waals surface area contributed by atoms with E-state index >= 15 is 0 Å². The van der Waals surface area contributed by atoms with E-state index in [9.17, 15) is 0 Å². The third-order valence-electron chi connectivity index (χ3n) is 11.5. The number of hydrogen-bond acceptors (Lipinski definition) is 3. The second kappa shape index (κ2) is 11.6. The Hall–Kier alpha value is -6.84. The first-order valence-corrected chi connectivity index (χ1v) is 18.6. The number of nitrogens with zero attached hydrogens (tertiary/aromatic N) is 2. The molecule has 0 unspecified atom stereocenters. The van der Waals surface area contributed by atoms with E-state index in [1.807, 2.05) is 18.2 Å². The zero-order chi connectivity index (χ0) is 36.0. The van der Waals surface area contributed by atoms with Crippen LogP contribution in [0.25, 0.3) is 99.6 Å². The fourth-order valence-electron chi connectivity index (χ4n) is 8.89. The number of aromatic nitrogens is 2. The highest BCUT2D eigenvalue weighted by Gasteiger charge is 2.37. The molecule has 2 aromatic heterocycles. The molecule has 0 amide bonds. The highest BCUT2D eigenvalue weighted by Crippen LogP contribution is 2.52. The molecular formula is C51H34N2O. The lowest BCUT2D eigenvalue weighted by Gasteiger charge is -2.23. The molecule has 0 spiro atoms. The maximum absolute atomic E-state index is 6.29. The Morgan fingerprint density at radius 2 is 1.04 bits per heavy atom. The second-order valence-electron chi connectivity index (χ2n) is 14.9. The average molecular weight is 691 g/mol. The van der Waals surface area contributed by atoms with Crippen molar-refractivity contribution >= 4 is 43.5 Å². The van der Waals surface area contributed by atoms with Crippen LogP contribution < -0.4 is 0 Å². The minimum Gasteiger partial charge on any atom is -0.456 e. The van der Waals surface area contributed by atoms with Gasteiger partial charge in [0, 0.05) is 32.9 Å². The van der Waals surface area contributed by atoms with Crippen LogP contribution in [0.15, 0.2) is 174 Å². The maximum atomic E-state index is 6.29. The summed E-state index contributed by atoms with van der Waals surface area (Å²) in [5.74, 6) is 0.690. The summed E-state index contributed by atoms with van der Waals surface area (Å²) in [5, 5.41) is 7.12. The Labute approximate surface area is 313 Å². The van der Waals surface area contributed by atoms with Crippen molar-refractivity contribution in [3.8, 4) is 56.2 Å². The van der Waals surface area contributed by atoms with E-state index in [2.05, 4.69) is 166 Å². The van der Waals surface area contributed by atoms with Crippen molar-refractivity contribution < 1.29 is 4.42 Å². The van der Waals surface area contributed by atoms with Crippen molar-refractivity contribution in [1.29, 1.82) is 0 Å². The van der Waals surface area contributed by atoms with Crippen molar-refractivity contribution in [2.45, 2.75) is 19.3 Å². The fraction of sp³-hybridized carbons (Fsp3) is 0.0588. The molecule has 1 aliphatic carbocycles. The van der Waals surface area contributed by atoms with Gasteiger partial charge in [-0.25, -0.2) is 9.97 Å². The van der Waals surface area contributed by atoms with Gasteiger partial charge in [0.2, 0.25) is 0 Å². The molecule has 254 valence electrons. The van der Waals surface area contributed by atoms with Gasteiger partial charge in [-0.2, -0.15) is 0 Å². The molecule has 2 heterocycles. The molecule has 0 radical (unpaired) electrons. The average Bonchev–Trinajstić information content (AvgIpc) is 3.71. The van der Waals surface area contributed by atoms with E-state index in [1.165, 1.54) is 49.5 Å². The topological polar surface area (TPSA) is 38.9 Å². The summed E-state index contributed by atoms with van der Waals surface area (Å²) < 4.78 is 6.29. The van der Waals surface area contributed by atoms with Gasteiger partial charge in [0.15, 0.2) is 5.82 Å². The largest absolute Gasteiger partial charge is 0.456 e. The van der Waals surface area contributed by atoms with Crippen LogP contribution in [0.1, 0.15) is 25.0 Å². The summed E-state index contributed by atoms with van der Waals surface area (Å²) in [4.78, 5) is 10.5. The monoisotopic (exact) mass is 690 g/mol. The van der Waals surface area contributed by atoms with Gasteiger partial charge < -0.3 is 4.42 Å². The molecule has 0 fully saturated rings. The zero-order valence-corrected chi connectivity index (χ0v) is 30.0. The summed E-state index contributed by atoms with van der Waals surface area (Å²) >= 11 is 0. The normalized spacial score (nSPS) is 13.1. The Kier molecular flexibility index (Phi) is 6.60. The minimum absolute atomic E-state index is 0.0935. The fourth-order valence-corrected chi connectivity index (χ4v) is 8.89. The zero-order valence-electron chi connectivity index (χ0n) is 30.0. The van der Waals surface area contributed by atoms with E-state index in [0.29, 0.717) is 5.82 Å². The Bertz CT molecular complexity index is 3130. The first-order chi connectivity index (χ1) is 26.5. The number of para-hydroxylation sites is 1. The smallest absolute Gasteiger partial charge is 0.161 e. The molecule has 3 heteroatoms. The van der Waals surface area contributed by atoms with E-state index in [-0.39, 0.29) is 5.41 Å². The quantitative estimate of drug-likeness (QED) is 0.184.